The summed E-state index contributed by atoms with van der Waals surface area (Å²) in [6, 6.07) is 8.61. The highest BCUT2D eigenvalue weighted by atomic mass is 35.5. The Kier molecular flexibility index (Phi) is 11.3. The van der Waals surface area contributed by atoms with Crippen molar-refractivity contribution in [3.8, 4) is 0 Å². The van der Waals surface area contributed by atoms with Crippen molar-refractivity contribution in [1.82, 2.24) is 15.5 Å². The molecule has 154 valence electrons. The van der Waals surface area contributed by atoms with Gasteiger partial charge in [-0.2, -0.15) is 0 Å². The SMILES string of the molecule is CC1CCN(Cc2ccccc2CNC(=O)CC2COCCN2)CC1.Cl.Cl. The highest BCUT2D eigenvalue weighted by molar-refractivity contribution is 5.85. The van der Waals surface area contributed by atoms with Crippen molar-refractivity contribution in [2.24, 2.45) is 5.92 Å². The number of halogens is 2. The second-order valence-electron chi connectivity index (χ2n) is 7.43. The van der Waals surface area contributed by atoms with Crippen LogP contribution in [0, 0.1) is 5.92 Å². The van der Waals surface area contributed by atoms with Crippen molar-refractivity contribution in [1.29, 1.82) is 0 Å². The molecule has 1 unspecified atom stereocenters. The summed E-state index contributed by atoms with van der Waals surface area (Å²) in [4.78, 5) is 14.7. The van der Waals surface area contributed by atoms with Crippen molar-refractivity contribution in [2.75, 3.05) is 32.8 Å². The van der Waals surface area contributed by atoms with Gasteiger partial charge in [0.05, 0.1) is 13.2 Å². The third-order valence-electron chi connectivity index (χ3n) is 5.29. The molecule has 2 aliphatic rings. The third-order valence-corrected chi connectivity index (χ3v) is 5.29. The summed E-state index contributed by atoms with van der Waals surface area (Å²) in [6.07, 6.45) is 3.05. The van der Waals surface area contributed by atoms with Gasteiger partial charge in [-0.15, -0.1) is 24.8 Å². The third kappa shape index (κ3) is 7.96. The molecular formula is C20H33Cl2N3O2. The Hall–Kier alpha value is -0.850. The molecule has 7 heteroatoms. The molecule has 1 aromatic carbocycles. The Balaban J connectivity index is 0.00000182. The predicted molar refractivity (Wildman–Crippen MR) is 114 cm³/mol. The molecule has 5 nitrogen and oxygen atoms in total. The van der Waals surface area contributed by atoms with Gasteiger partial charge in [0.15, 0.2) is 0 Å². The number of carbonyl (C=O) groups is 1. The molecule has 2 heterocycles. The van der Waals surface area contributed by atoms with E-state index in [1.807, 2.05) is 0 Å². The number of morpholine rings is 1. The molecule has 27 heavy (non-hydrogen) atoms. The van der Waals surface area contributed by atoms with E-state index in [9.17, 15) is 4.79 Å². The lowest BCUT2D eigenvalue weighted by Crippen LogP contribution is -2.44. The number of amides is 1. The van der Waals surface area contributed by atoms with E-state index in [0.717, 1.165) is 25.6 Å². The van der Waals surface area contributed by atoms with Crippen molar-refractivity contribution >= 4 is 30.7 Å². The average Bonchev–Trinajstić information content (AvgIpc) is 2.64. The summed E-state index contributed by atoms with van der Waals surface area (Å²) in [5, 5.41) is 6.40. The first-order valence-corrected chi connectivity index (χ1v) is 9.57. The van der Waals surface area contributed by atoms with E-state index >= 15 is 0 Å². The number of ether oxygens (including phenoxy) is 1. The summed E-state index contributed by atoms with van der Waals surface area (Å²) in [6.45, 7) is 8.47. The van der Waals surface area contributed by atoms with Crippen LogP contribution in [-0.2, 0) is 22.6 Å². The van der Waals surface area contributed by atoms with Gasteiger partial charge in [-0.05, 0) is 43.0 Å². The standard InChI is InChI=1S/C20H31N3O2.2ClH/c1-16-6-9-23(10-7-16)14-18-5-3-2-4-17(18)13-22-20(24)12-19-15-25-11-8-21-19;;/h2-5,16,19,21H,6-15H2,1H3,(H,22,24);2*1H. The van der Waals surface area contributed by atoms with Gasteiger partial charge >= 0.3 is 0 Å². The smallest absolute Gasteiger partial charge is 0.221 e. The van der Waals surface area contributed by atoms with Gasteiger partial charge in [-0.1, -0.05) is 31.2 Å². The number of carbonyl (C=O) groups excluding carboxylic acids is 1. The molecule has 1 atom stereocenters. The molecule has 0 aromatic heterocycles. The van der Waals surface area contributed by atoms with E-state index in [0.29, 0.717) is 19.6 Å². The predicted octanol–water partition coefficient (Wildman–Crippen LogP) is 2.76. The lowest BCUT2D eigenvalue weighted by Gasteiger charge is -2.30. The number of likely N-dealkylation sites (tertiary alicyclic amines) is 1. The molecule has 0 radical (unpaired) electrons. The Morgan fingerprint density at radius 2 is 1.93 bits per heavy atom. The molecule has 1 aromatic rings. The summed E-state index contributed by atoms with van der Waals surface area (Å²) < 4.78 is 5.41. The first-order valence-electron chi connectivity index (χ1n) is 9.57. The topological polar surface area (TPSA) is 53.6 Å². The van der Waals surface area contributed by atoms with Crippen LogP contribution in [0.2, 0.25) is 0 Å². The van der Waals surface area contributed by atoms with Gasteiger partial charge in [-0.3, -0.25) is 9.69 Å². The molecule has 0 aliphatic carbocycles. The molecule has 0 spiro atoms. The minimum absolute atomic E-state index is 0. The molecule has 3 rings (SSSR count). The minimum atomic E-state index is 0. The van der Waals surface area contributed by atoms with E-state index in [2.05, 4.69) is 46.7 Å². The van der Waals surface area contributed by atoms with Crippen LogP contribution in [0.1, 0.15) is 37.3 Å². The van der Waals surface area contributed by atoms with Gasteiger partial charge in [0, 0.05) is 32.1 Å². The Labute approximate surface area is 175 Å². The van der Waals surface area contributed by atoms with Crippen molar-refractivity contribution in [3.63, 3.8) is 0 Å². The largest absolute Gasteiger partial charge is 0.378 e. The molecule has 1 amide bonds. The number of nitrogens with zero attached hydrogens (tertiary/aromatic N) is 1. The van der Waals surface area contributed by atoms with Gasteiger partial charge in [0.25, 0.3) is 0 Å². The molecule has 2 N–H and O–H groups in total. The number of rotatable bonds is 6. The fourth-order valence-corrected chi connectivity index (χ4v) is 3.59. The van der Waals surface area contributed by atoms with Gasteiger partial charge in [0.2, 0.25) is 5.91 Å². The molecular weight excluding hydrogens is 385 g/mol. The zero-order chi connectivity index (χ0) is 17.5. The van der Waals surface area contributed by atoms with E-state index in [1.165, 1.54) is 37.1 Å². The molecule has 2 fully saturated rings. The first-order chi connectivity index (χ1) is 12.2. The van der Waals surface area contributed by atoms with Gasteiger partial charge in [0.1, 0.15) is 0 Å². The quantitative estimate of drug-likeness (QED) is 0.746. The second kappa shape index (κ2) is 12.6. The van der Waals surface area contributed by atoms with Crippen LogP contribution in [0.25, 0.3) is 0 Å². The summed E-state index contributed by atoms with van der Waals surface area (Å²) in [5.41, 5.74) is 2.55. The van der Waals surface area contributed by atoms with Crippen LogP contribution >= 0.6 is 24.8 Å². The Morgan fingerprint density at radius 3 is 2.59 bits per heavy atom. The van der Waals surface area contributed by atoms with E-state index < -0.39 is 0 Å². The second-order valence-corrected chi connectivity index (χ2v) is 7.43. The normalized spacial score (nSPS) is 21.0. The molecule has 2 saturated heterocycles. The Bertz CT molecular complexity index is 560. The highest BCUT2D eigenvalue weighted by Gasteiger charge is 2.18. The van der Waals surface area contributed by atoms with Crippen LogP contribution in [0.3, 0.4) is 0 Å². The maximum Gasteiger partial charge on any atom is 0.221 e. The molecule has 0 saturated carbocycles. The van der Waals surface area contributed by atoms with E-state index in [-0.39, 0.29) is 36.8 Å². The van der Waals surface area contributed by atoms with Crippen LogP contribution in [0.15, 0.2) is 24.3 Å². The first kappa shape index (κ1) is 24.2. The van der Waals surface area contributed by atoms with Crippen LogP contribution in [0.5, 0.6) is 0 Å². The fraction of sp³-hybridized carbons (Fsp3) is 0.650. The lowest BCUT2D eigenvalue weighted by molar-refractivity contribution is -0.122. The van der Waals surface area contributed by atoms with E-state index in [1.54, 1.807) is 0 Å². The maximum absolute atomic E-state index is 12.2. The summed E-state index contributed by atoms with van der Waals surface area (Å²) in [5.74, 6) is 0.938. The van der Waals surface area contributed by atoms with Crippen molar-refractivity contribution in [3.05, 3.63) is 35.4 Å². The lowest BCUT2D eigenvalue weighted by atomic mass is 9.98. The number of hydrogen-bond acceptors (Lipinski definition) is 4. The van der Waals surface area contributed by atoms with Crippen LogP contribution in [0.4, 0.5) is 0 Å². The highest BCUT2D eigenvalue weighted by Crippen LogP contribution is 2.19. The Morgan fingerprint density at radius 1 is 1.22 bits per heavy atom. The monoisotopic (exact) mass is 417 g/mol. The van der Waals surface area contributed by atoms with Crippen molar-refractivity contribution < 1.29 is 9.53 Å². The zero-order valence-corrected chi connectivity index (χ0v) is 17.7. The minimum Gasteiger partial charge on any atom is -0.378 e. The van der Waals surface area contributed by atoms with Crippen LogP contribution in [-0.4, -0.2) is 49.7 Å². The molecule has 0 bridgehead atoms. The number of piperidine rings is 1. The summed E-state index contributed by atoms with van der Waals surface area (Å²) in [7, 11) is 0. The molecule has 2 aliphatic heterocycles. The number of hydrogen-bond donors (Lipinski definition) is 2. The number of benzene rings is 1. The van der Waals surface area contributed by atoms with Crippen molar-refractivity contribution in [2.45, 2.75) is 45.3 Å². The van der Waals surface area contributed by atoms with Gasteiger partial charge in [-0.25, -0.2) is 0 Å². The van der Waals surface area contributed by atoms with Gasteiger partial charge < -0.3 is 15.4 Å². The number of nitrogens with one attached hydrogen (secondary N) is 2. The average molecular weight is 418 g/mol. The fourth-order valence-electron chi connectivity index (χ4n) is 3.59. The summed E-state index contributed by atoms with van der Waals surface area (Å²) >= 11 is 0. The zero-order valence-electron chi connectivity index (χ0n) is 16.1. The van der Waals surface area contributed by atoms with Crippen LogP contribution < -0.4 is 10.6 Å². The van der Waals surface area contributed by atoms with E-state index in [4.69, 9.17) is 4.74 Å². The maximum atomic E-state index is 12.2.